The number of imidazole rings is 1. The third kappa shape index (κ3) is 2.18. The van der Waals surface area contributed by atoms with Crippen molar-refractivity contribution < 1.29 is 19.9 Å². The minimum Gasteiger partial charge on any atom is -0.394 e. The largest absolute Gasteiger partial charge is 0.436 e. The van der Waals surface area contributed by atoms with Gasteiger partial charge in [0.1, 0.15) is 24.6 Å². The molecule has 2 N–H and O–H groups in total. The van der Waals surface area contributed by atoms with Crippen LogP contribution in [0.15, 0.2) is 24.5 Å². The van der Waals surface area contributed by atoms with Crippen LogP contribution in [0.2, 0.25) is 0 Å². The number of aromatic nitrogens is 2. The highest BCUT2D eigenvalue weighted by atomic mass is 16.6. The Morgan fingerprint density at radius 1 is 1.59 bits per heavy atom. The maximum absolute atomic E-state index is 10.7. The smallest absolute Gasteiger partial charge is 0.394 e. The van der Waals surface area contributed by atoms with Gasteiger partial charge in [0.05, 0.1) is 6.61 Å². The van der Waals surface area contributed by atoms with Crippen LogP contribution in [0, 0.1) is 10.1 Å². The molecule has 0 radical (unpaired) electrons. The fourth-order valence-electron chi connectivity index (χ4n) is 1.59. The zero-order chi connectivity index (χ0) is 12.4. The molecule has 1 aliphatic heterocycles. The maximum Gasteiger partial charge on any atom is 0.436 e. The molecule has 1 aromatic rings. The fraction of sp³-hybridized carbons (Fsp3) is 0.444. The van der Waals surface area contributed by atoms with Gasteiger partial charge in [-0.05, 0) is 11.0 Å². The van der Waals surface area contributed by atoms with E-state index in [4.69, 9.17) is 9.84 Å². The Kier molecular flexibility index (Phi) is 3.18. The minimum atomic E-state index is -0.918. The summed E-state index contributed by atoms with van der Waals surface area (Å²) in [4.78, 5) is 13.6. The predicted molar refractivity (Wildman–Crippen MR) is 55.0 cm³/mol. The topological polar surface area (TPSA) is 111 Å². The van der Waals surface area contributed by atoms with Crippen LogP contribution < -0.4 is 0 Å². The highest BCUT2D eigenvalue weighted by Gasteiger charge is 2.30. The molecule has 1 aliphatic rings. The van der Waals surface area contributed by atoms with Gasteiger partial charge in [0, 0.05) is 0 Å². The molecule has 0 bridgehead atoms. The van der Waals surface area contributed by atoms with Gasteiger partial charge in [-0.15, -0.1) is 0 Å². The predicted octanol–water partition coefficient (Wildman–Crippen LogP) is -0.402. The number of ether oxygens (including phenoxy) is 1. The molecule has 0 spiro atoms. The van der Waals surface area contributed by atoms with Crippen LogP contribution in [-0.2, 0) is 4.74 Å². The van der Waals surface area contributed by atoms with E-state index in [-0.39, 0.29) is 12.6 Å². The van der Waals surface area contributed by atoms with E-state index < -0.39 is 23.4 Å². The average molecular weight is 241 g/mol. The second-order valence-corrected chi connectivity index (χ2v) is 3.51. The molecule has 8 heteroatoms. The Morgan fingerprint density at radius 2 is 2.35 bits per heavy atom. The van der Waals surface area contributed by atoms with Gasteiger partial charge in [0.15, 0.2) is 0 Å². The van der Waals surface area contributed by atoms with E-state index in [1.807, 2.05) is 0 Å². The molecule has 1 aromatic heterocycles. The molecule has 2 rings (SSSR count). The zero-order valence-electron chi connectivity index (χ0n) is 8.71. The van der Waals surface area contributed by atoms with Gasteiger partial charge in [0.25, 0.3) is 0 Å². The summed E-state index contributed by atoms with van der Waals surface area (Å²) in [5.74, 6) is -0.354. The first-order valence-electron chi connectivity index (χ1n) is 4.93. The lowest BCUT2D eigenvalue weighted by atomic mass is 10.1. The van der Waals surface area contributed by atoms with Gasteiger partial charge in [0.2, 0.25) is 6.23 Å². The van der Waals surface area contributed by atoms with Gasteiger partial charge in [-0.3, -0.25) is 0 Å². The second kappa shape index (κ2) is 4.62. The molecule has 0 aromatic carbocycles. The number of rotatable bonds is 3. The van der Waals surface area contributed by atoms with Crippen molar-refractivity contribution in [1.29, 1.82) is 0 Å². The molecule has 17 heavy (non-hydrogen) atoms. The molecule has 8 nitrogen and oxygen atoms in total. The molecule has 0 saturated carbocycles. The minimum absolute atomic E-state index is 0.354. The number of aliphatic hydroxyl groups excluding tert-OH is 2. The lowest BCUT2D eigenvalue weighted by Gasteiger charge is -2.27. The third-order valence-electron chi connectivity index (χ3n) is 2.43. The number of nitrogens with zero attached hydrogens (tertiary/aromatic N) is 3. The lowest BCUT2D eigenvalue weighted by molar-refractivity contribution is -0.398. The van der Waals surface area contributed by atoms with Crippen LogP contribution >= 0.6 is 0 Å². The van der Waals surface area contributed by atoms with Crippen molar-refractivity contribution in [2.24, 2.45) is 0 Å². The summed E-state index contributed by atoms with van der Waals surface area (Å²) in [6.45, 7) is -0.371. The van der Waals surface area contributed by atoms with E-state index >= 15 is 0 Å². The number of hydrogen-bond donors (Lipinski definition) is 2. The molecule has 0 amide bonds. The summed E-state index contributed by atoms with van der Waals surface area (Å²) in [6.07, 6.45) is 3.13. The Morgan fingerprint density at radius 3 is 3.00 bits per heavy atom. The van der Waals surface area contributed by atoms with E-state index in [1.54, 1.807) is 0 Å². The summed E-state index contributed by atoms with van der Waals surface area (Å²) in [7, 11) is 0. The van der Waals surface area contributed by atoms with Crippen LogP contribution in [0.3, 0.4) is 0 Å². The van der Waals surface area contributed by atoms with Crippen LogP contribution in [0.25, 0.3) is 0 Å². The third-order valence-corrected chi connectivity index (χ3v) is 2.43. The van der Waals surface area contributed by atoms with E-state index in [1.165, 1.54) is 29.1 Å². The van der Waals surface area contributed by atoms with Crippen molar-refractivity contribution in [3.05, 3.63) is 34.7 Å². The van der Waals surface area contributed by atoms with Gasteiger partial charge in [-0.25, -0.2) is 0 Å². The molecule has 92 valence electrons. The van der Waals surface area contributed by atoms with Gasteiger partial charge in [-0.1, -0.05) is 11.1 Å². The van der Waals surface area contributed by atoms with Crippen molar-refractivity contribution in [3.63, 3.8) is 0 Å². The van der Waals surface area contributed by atoms with E-state index in [0.29, 0.717) is 0 Å². The van der Waals surface area contributed by atoms with Crippen LogP contribution in [0.5, 0.6) is 0 Å². The van der Waals surface area contributed by atoms with E-state index in [0.717, 1.165) is 0 Å². The van der Waals surface area contributed by atoms with Crippen molar-refractivity contribution in [2.75, 3.05) is 6.61 Å². The SMILES string of the molecule is O=[N+]([O-])c1nccn1[C@@H]1C=C[C@H](O)[C@H](CO)O1. The lowest BCUT2D eigenvalue weighted by Crippen LogP contribution is -2.36. The van der Waals surface area contributed by atoms with Crippen molar-refractivity contribution in [2.45, 2.75) is 18.4 Å². The Balaban J connectivity index is 2.26. The van der Waals surface area contributed by atoms with Crippen LogP contribution in [0.1, 0.15) is 6.23 Å². The monoisotopic (exact) mass is 241 g/mol. The number of nitro groups is 1. The van der Waals surface area contributed by atoms with Gasteiger partial charge < -0.3 is 25.1 Å². The van der Waals surface area contributed by atoms with E-state index in [9.17, 15) is 15.2 Å². The first-order chi connectivity index (χ1) is 8.13. The summed E-state index contributed by atoms with van der Waals surface area (Å²) in [5, 5.41) is 29.1. The Hall–Kier alpha value is -1.77. The van der Waals surface area contributed by atoms with Crippen LogP contribution in [-0.4, -0.2) is 43.5 Å². The number of aliphatic hydroxyl groups is 2. The van der Waals surface area contributed by atoms with Crippen molar-refractivity contribution in [1.82, 2.24) is 9.55 Å². The summed E-state index contributed by atoms with van der Waals surface area (Å²) < 4.78 is 6.53. The zero-order valence-corrected chi connectivity index (χ0v) is 8.71. The van der Waals surface area contributed by atoms with Crippen LogP contribution in [0.4, 0.5) is 5.95 Å². The molecule has 0 saturated heterocycles. The Bertz CT molecular complexity index is 444. The number of hydrogen-bond acceptors (Lipinski definition) is 6. The molecule has 0 unspecified atom stereocenters. The quantitative estimate of drug-likeness (QED) is 0.423. The molecule has 0 fully saturated rings. The van der Waals surface area contributed by atoms with Crippen molar-refractivity contribution >= 4 is 5.95 Å². The summed E-state index contributed by atoms with van der Waals surface area (Å²) >= 11 is 0. The standard InChI is InChI=1S/C9H11N3O5/c13-5-7-6(14)1-2-8(17-7)11-4-3-10-9(11)12(15)16/h1-4,6-8,13-14H,5H2/t6-,7-,8-/m0/s1. The average Bonchev–Trinajstić information content (AvgIpc) is 2.78. The molecule has 3 atom stereocenters. The fourth-order valence-corrected chi connectivity index (χ4v) is 1.59. The molecule has 2 heterocycles. The van der Waals surface area contributed by atoms with Gasteiger partial charge in [-0.2, -0.15) is 4.57 Å². The maximum atomic E-state index is 10.7. The van der Waals surface area contributed by atoms with E-state index in [2.05, 4.69) is 4.98 Å². The Labute approximate surface area is 95.9 Å². The molecular weight excluding hydrogens is 230 g/mol. The summed E-state index contributed by atoms with van der Waals surface area (Å²) in [6, 6.07) is 0. The first kappa shape index (κ1) is 11.7. The molecular formula is C9H11N3O5. The van der Waals surface area contributed by atoms with Crippen molar-refractivity contribution in [3.8, 4) is 0 Å². The molecule has 0 aliphatic carbocycles. The highest BCUT2D eigenvalue weighted by Crippen LogP contribution is 2.24. The van der Waals surface area contributed by atoms with Gasteiger partial charge >= 0.3 is 5.95 Å². The summed E-state index contributed by atoms with van der Waals surface area (Å²) in [5.41, 5.74) is 0. The normalized spacial score (nSPS) is 28.2. The second-order valence-electron chi connectivity index (χ2n) is 3.51. The highest BCUT2D eigenvalue weighted by molar-refractivity contribution is 5.12. The first-order valence-corrected chi connectivity index (χ1v) is 4.93.